The molecule has 182 valence electrons. The zero-order valence-electron chi connectivity index (χ0n) is 19.8. The van der Waals surface area contributed by atoms with Gasteiger partial charge in [-0.1, -0.05) is 66.2 Å². The molecule has 0 radical (unpaired) electrons. The zero-order valence-corrected chi connectivity index (χ0v) is 20.5. The Morgan fingerprint density at radius 3 is 2.43 bits per heavy atom. The van der Waals surface area contributed by atoms with Gasteiger partial charge in [0.2, 0.25) is 0 Å². The molecule has 0 aliphatic carbocycles. The zero-order chi connectivity index (χ0) is 25.5. The van der Waals surface area contributed by atoms with E-state index in [1.807, 2.05) is 41.0 Å². The first-order valence-electron chi connectivity index (χ1n) is 12.0. The lowest BCUT2D eigenvalue weighted by Crippen LogP contribution is -2.03. The highest BCUT2D eigenvalue weighted by Gasteiger charge is 2.17. The molecule has 0 spiro atoms. The first-order chi connectivity index (χ1) is 18.0. The van der Waals surface area contributed by atoms with Crippen LogP contribution >= 0.6 is 11.6 Å². The van der Waals surface area contributed by atoms with Crippen molar-refractivity contribution < 1.29 is 19.1 Å². The van der Waals surface area contributed by atoms with Gasteiger partial charge in [0.05, 0.1) is 6.42 Å². The predicted molar refractivity (Wildman–Crippen MR) is 146 cm³/mol. The van der Waals surface area contributed by atoms with Gasteiger partial charge in [0, 0.05) is 51.4 Å². The number of furan rings is 1. The number of hydrogen-bond acceptors (Lipinski definition) is 3. The highest BCUT2D eigenvalue weighted by atomic mass is 35.5. The van der Waals surface area contributed by atoms with E-state index in [4.69, 9.17) is 21.1 Å². The normalized spacial score (nSPS) is 11.5. The minimum atomic E-state index is -0.991. The molecular weight excluding hydrogens is 486 g/mol. The molecule has 1 N–H and O–H groups in total. The number of halogens is 1. The number of fused-ring (bicyclic) bond motifs is 4. The number of hydrogen-bond donors (Lipinski definition) is 1. The van der Waals surface area contributed by atoms with Crippen molar-refractivity contribution in [1.82, 2.24) is 4.57 Å². The van der Waals surface area contributed by atoms with Crippen molar-refractivity contribution in [2.24, 2.45) is 0 Å². The van der Waals surface area contributed by atoms with Crippen LogP contribution in [0.1, 0.15) is 28.8 Å². The number of ketones is 1. The summed E-state index contributed by atoms with van der Waals surface area (Å²) in [4.78, 5) is 23.8. The number of carbonyl (C=O) groups is 2. The molecule has 0 atom stereocenters. The van der Waals surface area contributed by atoms with E-state index in [-0.39, 0.29) is 18.6 Å². The fourth-order valence-corrected chi connectivity index (χ4v) is 5.15. The van der Waals surface area contributed by atoms with Gasteiger partial charge >= 0.3 is 5.97 Å². The van der Waals surface area contributed by atoms with Crippen molar-refractivity contribution >= 4 is 56.2 Å². The molecule has 0 aliphatic rings. The molecule has 0 fully saturated rings. The maximum atomic E-state index is 12.8. The average Bonchev–Trinajstić information content (AvgIpc) is 3.46. The van der Waals surface area contributed by atoms with E-state index in [1.165, 1.54) is 0 Å². The van der Waals surface area contributed by atoms with Gasteiger partial charge in [-0.25, -0.2) is 0 Å². The van der Waals surface area contributed by atoms with Gasteiger partial charge in [-0.2, -0.15) is 0 Å². The summed E-state index contributed by atoms with van der Waals surface area (Å²) in [6.07, 6.45) is 1.55. The van der Waals surface area contributed by atoms with Crippen LogP contribution in [0.3, 0.4) is 0 Å². The summed E-state index contributed by atoms with van der Waals surface area (Å²) < 4.78 is 8.06. The third-order valence-electron chi connectivity index (χ3n) is 6.73. The number of carboxylic acids is 1. The predicted octanol–water partition coefficient (Wildman–Crippen LogP) is 7.96. The quantitative estimate of drug-likeness (QED) is 0.222. The average molecular weight is 508 g/mol. The summed E-state index contributed by atoms with van der Waals surface area (Å²) in [6.45, 7) is 0.559. The molecular formula is C31H22ClNO4. The number of aromatic nitrogens is 1. The first kappa shape index (κ1) is 23.1. The molecule has 37 heavy (non-hydrogen) atoms. The Hall–Kier alpha value is -4.35. The van der Waals surface area contributed by atoms with Crippen LogP contribution in [-0.2, 0) is 11.3 Å². The van der Waals surface area contributed by atoms with Crippen LogP contribution in [-0.4, -0.2) is 21.4 Å². The van der Waals surface area contributed by atoms with Gasteiger partial charge in [-0.15, -0.1) is 0 Å². The van der Waals surface area contributed by atoms with Crippen molar-refractivity contribution in [3.63, 3.8) is 0 Å². The van der Waals surface area contributed by atoms with Gasteiger partial charge in [0.15, 0.2) is 5.78 Å². The lowest BCUT2D eigenvalue weighted by Gasteiger charge is -2.08. The minimum absolute atomic E-state index is 0.0517. The van der Waals surface area contributed by atoms with Crippen LogP contribution in [0.2, 0.25) is 5.02 Å². The number of benzene rings is 4. The number of rotatable bonds is 7. The molecule has 5 nitrogen and oxygen atoms in total. The molecule has 6 aromatic rings. The highest BCUT2D eigenvalue weighted by molar-refractivity contribution is 6.31. The van der Waals surface area contributed by atoms with Crippen LogP contribution in [0.15, 0.2) is 95.5 Å². The standard InChI is InChI=1S/C31H22ClNO4/c32-21-12-13-26-24(16-21)25(27(34)14-15-30(35)36)18-33(26)17-19-8-10-20(11-9-19)22-5-3-7-29-31(22)23-4-1-2-6-28(23)37-29/h1-13,16,18H,14-15,17H2,(H,35,36). The van der Waals surface area contributed by atoms with Crippen molar-refractivity contribution in [3.05, 3.63) is 107 Å². The second-order valence-corrected chi connectivity index (χ2v) is 9.56. The molecule has 0 bridgehead atoms. The molecule has 0 amide bonds. The van der Waals surface area contributed by atoms with E-state index >= 15 is 0 Å². The number of nitrogens with zero attached hydrogens (tertiary/aromatic N) is 1. The monoisotopic (exact) mass is 507 g/mol. The fraction of sp³-hybridized carbons (Fsp3) is 0.0968. The number of carboxylic acid groups (broad SMARTS) is 1. The van der Waals surface area contributed by atoms with E-state index < -0.39 is 5.97 Å². The highest BCUT2D eigenvalue weighted by Crippen LogP contribution is 2.36. The maximum absolute atomic E-state index is 12.8. The van der Waals surface area contributed by atoms with Gasteiger partial charge in [0.25, 0.3) is 0 Å². The molecule has 2 heterocycles. The van der Waals surface area contributed by atoms with E-state index in [0.717, 1.165) is 49.5 Å². The van der Waals surface area contributed by atoms with Crippen molar-refractivity contribution in [2.75, 3.05) is 0 Å². The van der Waals surface area contributed by atoms with Crippen LogP contribution < -0.4 is 0 Å². The van der Waals surface area contributed by atoms with E-state index in [9.17, 15) is 9.59 Å². The first-order valence-corrected chi connectivity index (χ1v) is 12.4. The number of aliphatic carboxylic acids is 1. The van der Waals surface area contributed by atoms with E-state index in [1.54, 1.807) is 18.3 Å². The van der Waals surface area contributed by atoms with Crippen molar-refractivity contribution in [2.45, 2.75) is 19.4 Å². The summed E-state index contributed by atoms with van der Waals surface area (Å²) in [5.41, 5.74) is 6.38. The summed E-state index contributed by atoms with van der Waals surface area (Å²) in [5.74, 6) is -1.20. The molecule has 0 unspecified atom stereocenters. The lowest BCUT2D eigenvalue weighted by molar-refractivity contribution is -0.136. The summed E-state index contributed by atoms with van der Waals surface area (Å²) in [5, 5.41) is 12.4. The molecule has 4 aromatic carbocycles. The Bertz CT molecular complexity index is 1810. The van der Waals surface area contributed by atoms with Crippen LogP contribution in [0, 0.1) is 0 Å². The number of carbonyl (C=O) groups excluding carboxylic acids is 1. The second kappa shape index (κ2) is 9.26. The molecule has 6 rings (SSSR count). The maximum Gasteiger partial charge on any atom is 0.303 e. The van der Waals surface area contributed by atoms with Crippen LogP contribution in [0.4, 0.5) is 0 Å². The third kappa shape index (κ3) is 4.28. The topological polar surface area (TPSA) is 72.4 Å². The molecule has 6 heteroatoms. The Morgan fingerprint density at radius 2 is 1.62 bits per heavy atom. The van der Waals surface area contributed by atoms with Gasteiger partial charge in [-0.3, -0.25) is 9.59 Å². The van der Waals surface area contributed by atoms with Crippen molar-refractivity contribution in [1.29, 1.82) is 0 Å². The number of Topliss-reactive ketones (excluding diaryl/α,β-unsaturated/α-hetero) is 1. The third-order valence-corrected chi connectivity index (χ3v) is 6.96. The molecule has 0 saturated heterocycles. The Morgan fingerprint density at radius 1 is 0.838 bits per heavy atom. The summed E-state index contributed by atoms with van der Waals surface area (Å²) >= 11 is 6.22. The molecule has 0 aliphatic heterocycles. The van der Waals surface area contributed by atoms with Gasteiger partial charge in [0.1, 0.15) is 11.2 Å². The Balaban J connectivity index is 1.34. The summed E-state index contributed by atoms with van der Waals surface area (Å²) in [6, 6.07) is 28.0. The van der Waals surface area contributed by atoms with Crippen LogP contribution in [0.5, 0.6) is 0 Å². The molecule has 2 aromatic heterocycles. The van der Waals surface area contributed by atoms with E-state index in [0.29, 0.717) is 17.1 Å². The van der Waals surface area contributed by atoms with E-state index in [2.05, 4.69) is 36.4 Å². The van der Waals surface area contributed by atoms with Crippen LogP contribution in [0.25, 0.3) is 44.0 Å². The molecule has 0 saturated carbocycles. The lowest BCUT2D eigenvalue weighted by atomic mass is 9.98. The largest absolute Gasteiger partial charge is 0.481 e. The second-order valence-electron chi connectivity index (χ2n) is 9.12. The minimum Gasteiger partial charge on any atom is -0.481 e. The van der Waals surface area contributed by atoms with Crippen molar-refractivity contribution in [3.8, 4) is 11.1 Å². The SMILES string of the molecule is O=C(O)CCC(=O)c1cn(Cc2ccc(-c3cccc4oc5ccccc5c34)cc2)c2ccc(Cl)cc12. The number of para-hydroxylation sites is 1. The smallest absolute Gasteiger partial charge is 0.303 e. The van der Waals surface area contributed by atoms with Gasteiger partial charge < -0.3 is 14.1 Å². The summed E-state index contributed by atoms with van der Waals surface area (Å²) in [7, 11) is 0. The van der Waals surface area contributed by atoms with Gasteiger partial charge in [-0.05, 0) is 47.0 Å². The Kier molecular flexibility index (Phi) is 5.78. The Labute approximate surface area is 217 Å². The fourth-order valence-electron chi connectivity index (χ4n) is 4.98.